The third-order valence-electron chi connectivity index (χ3n) is 8.05. The van der Waals surface area contributed by atoms with Gasteiger partial charge in [0.05, 0.1) is 33.6 Å². The van der Waals surface area contributed by atoms with E-state index in [-0.39, 0.29) is 0 Å². The fourth-order valence-electron chi connectivity index (χ4n) is 6.09. The molecule has 3 aromatic carbocycles. The van der Waals surface area contributed by atoms with Gasteiger partial charge in [-0.2, -0.15) is 27.7 Å². The van der Waals surface area contributed by atoms with Crippen molar-refractivity contribution in [3.8, 4) is 5.82 Å². The summed E-state index contributed by atoms with van der Waals surface area (Å²) in [7, 11) is 0. The summed E-state index contributed by atoms with van der Waals surface area (Å²) < 4.78 is 3.99. The number of benzene rings is 2. The molecule has 0 atom stereocenters. The van der Waals surface area contributed by atoms with Crippen LogP contribution >= 0.6 is 22.7 Å². The number of fused-ring (bicyclic) bond motifs is 1. The van der Waals surface area contributed by atoms with Crippen molar-refractivity contribution in [2.45, 2.75) is 13.3 Å². The molecule has 2 N–H and O–H groups in total. The highest BCUT2D eigenvalue weighted by Gasteiger charge is 2.22. The lowest BCUT2D eigenvalue weighted by molar-refractivity contribution is 0.962. The van der Waals surface area contributed by atoms with Crippen LogP contribution in [0.1, 0.15) is 18.2 Å². The van der Waals surface area contributed by atoms with Crippen molar-refractivity contribution in [2.75, 3.05) is 10.6 Å². The van der Waals surface area contributed by atoms with E-state index in [0.717, 1.165) is 72.8 Å². The number of hydrogen-bond acceptors (Lipinski definition) is 10. The van der Waals surface area contributed by atoms with Gasteiger partial charge in [-0.15, -0.1) is 0 Å². The van der Waals surface area contributed by atoms with Gasteiger partial charge in [-0.1, -0.05) is 18.2 Å². The van der Waals surface area contributed by atoms with Crippen LogP contribution in [0.15, 0.2) is 99.8 Å². The second-order valence-corrected chi connectivity index (χ2v) is 12.3. The molecule has 9 rings (SSSR count). The standard InChI is InChI=1S/C34H24N10S2/c1-2-35-25-5-3-6-26(39-20-11-13-45-16-20)24(25)15-29-22-9-10-23-30(22)44-33(41-29)36-18-37-34(44)42-32(23)43-19-38-27-7-4-8-28(31(27)43)40-21-12-14-46-17-21/h2-14,16-19,39-40H,15H2,1H3. The van der Waals surface area contributed by atoms with Gasteiger partial charge in [0.15, 0.2) is 5.82 Å². The fourth-order valence-corrected chi connectivity index (χ4v) is 7.26. The van der Waals surface area contributed by atoms with Gasteiger partial charge in [-0.05, 0) is 60.1 Å². The Morgan fingerprint density at radius 2 is 1.52 bits per heavy atom. The van der Waals surface area contributed by atoms with Crippen LogP contribution < -0.4 is 10.6 Å². The van der Waals surface area contributed by atoms with E-state index >= 15 is 0 Å². The van der Waals surface area contributed by atoms with Crippen molar-refractivity contribution in [3.05, 3.63) is 106 Å². The zero-order valence-electron chi connectivity index (χ0n) is 24.4. The molecule has 0 amide bonds. The summed E-state index contributed by atoms with van der Waals surface area (Å²) in [4.78, 5) is 28.8. The quantitative estimate of drug-likeness (QED) is 0.161. The molecule has 12 heteroatoms. The molecule has 46 heavy (non-hydrogen) atoms. The average Bonchev–Trinajstić information content (AvgIpc) is 3.90. The Hall–Kier alpha value is -5.72. The number of nitrogens with zero attached hydrogens (tertiary/aromatic N) is 8. The smallest absolute Gasteiger partial charge is 0.240 e. The molecule has 9 aromatic rings. The predicted octanol–water partition coefficient (Wildman–Crippen LogP) is 8.53. The lowest BCUT2D eigenvalue weighted by Crippen LogP contribution is -2.09. The number of rotatable bonds is 8. The molecule has 222 valence electrons. The highest BCUT2D eigenvalue weighted by Crippen LogP contribution is 2.37. The topological polar surface area (TPSA) is 110 Å². The number of hydrogen-bond donors (Lipinski definition) is 2. The first-order chi connectivity index (χ1) is 22.7. The maximum absolute atomic E-state index is 5.08. The predicted molar refractivity (Wildman–Crippen MR) is 188 cm³/mol. The average molecular weight is 637 g/mol. The Kier molecular flexibility index (Phi) is 6.21. The third kappa shape index (κ3) is 4.30. The van der Waals surface area contributed by atoms with Gasteiger partial charge < -0.3 is 10.6 Å². The number of thiophene rings is 2. The number of para-hydroxylation sites is 1. The molecule has 0 fully saturated rings. The van der Waals surface area contributed by atoms with Crippen LogP contribution in [0.25, 0.3) is 44.7 Å². The van der Waals surface area contributed by atoms with E-state index in [1.807, 2.05) is 52.7 Å². The maximum atomic E-state index is 5.08. The van der Waals surface area contributed by atoms with E-state index in [1.165, 1.54) is 6.33 Å². The Labute approximate surface area is 270 Å². The minimum absolute atomic E-state index is 0.517. The van der Waals surface area contributed by atoms with Crippen LogP contribution in [-0.4, -0.2) is 40.1 Å². The molecule has 0 aliphatic carbocycles. The maximum Gasteiger partial charge on any atom is 0.240 e. The molecule has 0 spiro atoms. The SMILES string of the molecule is CC=Nc1cccc(Nc2ccsc2)c1Cc1nc2ncnc3nc(-n4cnc5cccc(Nc6ccsc6)c54)c4ccc1c4n23. The molecule has 0 saturated heterocycles. The summed E-state index contributed by atoms with van der Waals surface area (Å²) in [6.07, 6.45) is 5.73. The van der Waals surface area contributed by atoms with E-state index < -0.39 is 0 Å². The van der Waals surface area contributed by atoms with Crippen molar-refractivity contribution in [1.29, 1.82) is 0 Å². The van der Waals surface area contributed by atoms with Crippen molar-refractivity contribution in [3.63, 3.8) is 0 Å². The molecule has 0 unspecified atom stereocenters. The van der Waals surface area contributed by atoms with Crippen molar-refractivity contribution in [2.24, 2.45) is 4.99 Å². The first kappa shape index (κ1) is 26.7. The van der Waals surface area contributed by atoms with Crippen molar-refractivity contribution < 1.29 is 0 Å². The van der Waals surface area contributed by atoms with Gasteiger partial charge >= 0.3 is 0 Å². The Balaban J connectivity index is 1.25. The molecule has 10 nitrogen and oxygen atoms in total. The summed E-state index contributed by atoms with van der Waals surface area (Å²) in [6.45, 7) is 1.93. The highest BCUT2D eigenvalue weighted by atomic mass is 32.1. The van der Waals surface area contributed by atoms with Crippen LogP contribution in [0, 0.1) is 0 Å². The van der Waals surface area contributed by atoms with Gasteiger partial charge in [0, 0.05) is 56.8 Å². The minimum Gasteiger partial charge on any atom is -0.355 e. The fraction of sp³-hybridized carbons (Fsp3) is 0.0588. The van der Waals surface area contributed by atoms with Crippen molar-refractivity contribution >= 4 is 96.2 Å². The molecule has 0 aliphatic rings. The molecule has 0 aliphatic heterocycles. The molecular weight excluding hydrogens is 613 g/mol. The Bertz CT molecular complexity index is 2530. The number of aliphatic imine (C=N–C) groups is 1. The lowest BCUT2D eigenvalue weighted by atomic mass is 10.0. The molecule has 0 saturated carbocycles. The van der Waals surface area contributed by atoms with Crippen LogP contribution in [0.3, 0.4) is 0 Å². The summed E-state index contributed by atoms with van der Waals surface area (Å²) in [5, 5.41) is 17.4. The molecule has 0 bridgehead atoms. The van der Waals surface area contributed by atoms with Gasteiger partial charge in [0.25, 0.3) is 0 Å². The summed E-state index contributed by atoms with van der Waals surface area (Å²) >= 11 is 3.31. The first-order valence-electron chi connectivity index (χ1n) is 14.6. The van der Waals surface area contributed by atoms with Crippen LogP contribution in [0.2, 0.25) is 0 Å². The zero-order chi connectivity index (χ0) is 30.6. The second kappa shape index (κ2) is 10.7. The third-order valence-corrected chi connectivity index (χ3v) is 9.42. The molecule has 6 heterocycles. The van der Waals surface area contributed by atoms with Gasteiger partial charge in [0.2, 0.25) is 11.6 Å². The second-order valence-electron chi connectivity index (χ2n) is 10.7. The first-order valence-corrected chi connectivity index (χ1v) is 16.5. The molecule has 0 radical (unpaired) electrons. The van der Waals surface area contributed by atoms with Gasteiger partial charge in [-0.25, -0.2) is 24.3 Å². The van der Waals surface area contributed by atoms with Crippen molar-refractivity contribution in [1.82, 2.24) is 33.9 Å². The highest BCUT2D eigenvalue weighted by molar-refractivity contribution is 7.08. The van der Waals surface area contributed by atoms with Gasteiger partial charge in [-0.3, -0.25) is 9.56 Å². The minimum atomic E-state index is 0.517. The normalized spacial score (nSPS) is 12.0. The molecular formula is C34H24N10S2. The summed E-state index contributed by atoms with van der Waals surface area (Å²) in [6, 6.07) is 20.6. The van der Waals surface area contributed by atoms with E-state index in [9.17, 15) is 0 Å². The Morgan fingerprint density at radius 3 is 2.30 bits per heavy atom. The molecule has 6 aromatic heterocycles. The van der Waals surface area contributed by atoms with E-state index in [1.54, 1.807) is 22.7 Å². The number of nitrogens with one attached hydrogen (secondary N) is 2. The van der Waals surface area contributed by atoms with E-state index in [0.29, 0.717) is 18.0 Å². The number of imidazole rings is 1. The van der Waals surface area contributed by atoms with Gasteiger partial charge in [0.1, 0.15) is 12.7 Å². The van der Waals surface area contributed by atoms with Crippen LogP contribution in [0.4, 0.5) is 28.4 Å². The number of aromatic nitrogens is 7. The van der Waals surface area contributed by atoms with E-state index in [4.69, 9.17) is 19.9 Å². The monoisotopic (exact) mass is 636 g/mol. The summed E-state index contributed by atoms with van der Waals surface area (Å²) in [5.41, 5.74) is 9.62. The largest absolute Gasteiger partial charge is 0.355 e. The zero-order valence-corrected chi connectivity index (χ0v) is 26.0. The van der Waals surface area contributed by atoms with E-state index in [2.05, 4.69) is 78.5 Å². The van der Waals surface area contributed by atoms with Crippen LogP contribution in [0.5, 0.6) is 0 Å². The summed E-state index contributed by atoms with van der Waals surface area (Å²) in [5.74, 6) is 1.80. The Morgan fingerprint density at radius 1 is 0.783 bits per heavy atom. The number of anilines is 4. The van der Waals surface area contributed by atoms with Crippen LogP contribution in [-0.2, 0) is 6.42 Å². The lowest BCUT2D eigenvalue weighted by Gasteiger charge is -2.16.